The molecule has 1 aliphatic rings. The molecule has 1 saturated carbocycles. The van der Waals surface area contributed by atoms with Crippen LogP contribution >= 0.6 is 0 Å². The number of unbranched alkanes of at least 4 members (excludes halogenated alkanes) is 1. The number of aryl methyl sites for hydroxylation is 3. The second-order valence-corrected chi connectivity index (χ2v) is 10.8. The quantitative estimate of drug-likeness (QED) is 0.314. The van der Waals surface area contributed by atoms with Crippen molar-refractivity contribution in [3.63, 3.8) is 0 Å². The molecule has 0 radical (unpaired) electrons. The Kier molecular flexibility index (Phi) is 9.83. The highest BCUT2D eigenvalue weighted by Gasteiger charge is 2.22. The number of ether oxygens (including phenoxy) is 2. The average molecular weight is 505 g/mol. The van der Waals surface area contributed by atoms with Gasteiger partial charge in [0.1, 0.15) is 5.75 Å². The summed E-state index contributed by atoms with van der Waals surface area (Å²) in [6.45, 7) is 2.64. The minimum atomic E-state index is -3.65. The average Bonchev–Trinajstić information content (AvgIpc) is 3.66. The summed E-state index contributed by atoms with van der Waals surface area (Å²) in [4.78, 5) is 10.9. The van der Waals surface area contributed by atoms with Gasteiger partial charge in [-0.15, -0.1) is 0 Å². The molecule has 7 nitrogen and oxygen atoms in total. The van der Waals surface area contributed by atoms with Gasteiger partial charge in [-0.1, -0.05) is 31.5 Å². The highest BCUT2D eigenvalue weighted by atomic mass is 32.2. The number of benzene rings is 2. The third kappa shape index (κ3) is 9.09. The fourth-order valence-corrected chi connectivity index (χ4v) is 4.89. The Labute approximate surface area is 208 Å². The Hall–Kier alpha value is -2.74. The summed E-state index contributed by atoms with van der Waals surface area (Å²) in [5, 5.41) is 8.97. The SMILES string of the molecule is CCCCS(=O)(=O)Oc1ccc(CCCc2ccc(CCC(=O)O)cc2OCC2CC2)cc1OC. The zero-order valence-corrected chi connectivity index (χ0v) is 21.4. The minimum absolute atomic E-state index is 0.0192. The highest BCUT2D eigenvalue weighted by Crippen LogP contribution is 2.32. The molecular formula is C27H36O7S. The van der Waals surface area contributed by atoms with Gasteiger partial charge in [-0.25, -0.2) is 0 Å². The van der Waals surface area contributed by atoms with Crippen LogP contribution < -0.4 is 13.7 Å². The molecule has 2 aromatic carbocycles. The van der Waals surface area contributed by atoms with Crippen LogP contribution in [-0.4, -0.2) is 39.0 Å². The number of aliphatic carboxylic acids is 1. The third-order valence-electron chi connectivity index (χ3n) is 6.03. The van der Waals surface area contributed by atoms with E-state index in [9.17, 15) is 13.2 Å². The summed E-state index contributed by atoms with van der Waals surface area (Å²) < 4.78 is 41.0. The summed E-state index contributed by atoms with van der Waals surface area (Å²) in [5.41, 5.74) is 3.11. The van der Waals surface area contributed by atoms with E-state index in [1.807, 2.05) is 37.3 Å². The van der Waals surface area contributed by atoms with E-state index in [2.05, 4.69) is 0 Å². The molecule has 0 atom stereocenters. The van der Waals surface area contributed by atoms with Gasteiger partial charge in [-0.3, -0.25) is 4.79 Å². The molecule has 0 heterocycles. The molecule has 0 saturated heterocycles. The van der Waals surface area contributed by atoms with E-state index >= 15 is 0 Å². The van der Waals surface area contributed by atoms with E-state index in [1.165, 1.54) is 20.0 Å². The molecule has 0 aromatic heterocycles. The molecule has 0 aliphatic heterocycles. The van der Waals surface area contributed by atoms with E-state index < -0.39 is 16.1 Å². The molecule has 0 spiro atoms. The first-order valence-electron chi connectivity index (χ1n) is 12.3. The van der Waals surface area contributed by atoms with Crippen LogP contribution in [0.1, 0.15) is 62.1 Å². The first-order valence-corrected chi connectivity index (χ1v) is 13.9. The van der Waals surface area contributed by atoms with Gasteiger partial charge < -0.3 is 18.8 Å². The number of carboxylic acids is 1. The van der Waals surface area contributed by atoms with Crippen molar-refractivity contribution >= 4 is 16.1 Å². The second kappa shape index (κ2) is 12.8. The molecule has 1 N–H and O–H groups in total. The maximum atomic E-state index is 12.2. The van der Waals surface area contributed by atoms with E-state index in [0.29, 0.717) is 31.1 Å². The van der Waals surface area contributed by atoms with Crippen LogP contribution in [0.5, 0.6) is 17.2 Å². The number of methoxy groups -OCH3 is 1. The van der Waals surface area contributed by atoms with E-state index in [1.54, 1.807) is 6.07 Å². The molecule has 0 amide bonds. The summed E-state index contributed by atoms with van der Waals surface area (Å²) >= 11 is 0. The number of carboxylic acid groups (broad SMARTS) is 1. The topological polar surface area (TPSA) is 99.1 Å². The van der Waals surface area contributed by atoms with Crippen molar-refractivity contribution in [1.82, 2.24) is 0 Å². The zero-order chi connectivity index (χ0) is 25.3. The summed E-state index contributed by atoms with van der Waals surface area (Å²) in [7, 11) is -2.15. The molecule has 0 bridgehead atoms. The summed E-state index contributed by atoms with van der Waals surface area (Å²) in [6, 6.07) is 11.3. The Bertz CT molecular complexity index is 1090. The number of rotatable bonds is 16. The fourth-order valence-electron chi connectivity index (χ4n) is 3.76. The van der Waals surface area contributed by atoms with Crippen molar-refractivity contribution < 1.29 is 32.0 Å². The Balaban J connectivity index is 1.62. The Morgan fingerprint density at radius 3 is 2.37 bits per heavy atom. The molecular weight excluding hydrogens is 468 g/mol. The first-order chi connectivity index (χ1) is 16.8. The monoisotopic (exact) mass is 504 g/mol. The van der Waals surface area contributed by atoms with Gasteiger partial charge in [-0.05, 0) is 85.8 Å². The number of hydrogen-bond acceptors (Lipinski definition) is 6. The van der Waals surface area contributed by atoms with Crippen LogP contribution in [0.25, 0.3) is 0 Å². The second-order valence-electron chi connectivity index (χ2n) is 9.13. The summed E-state index contributed by atoms with van der Waals surface area (Å²) in [6.07, 6.45) is 6.78. The third-order valence-corrected chi connectivity index (χ3v) is 7.26. The number of hydrogen-bond donors (Lipinski definition) is 1. The highest BCUT2D eigenvalue weighted by molar-refractivity contribution is 7.87. The van der Waals surface area contributed by atoms with Crippen molar-refractivity contribution in [3.8, 4) is 17.2 Å². The molecule has 8 heteroatoms. The van der Waals surface area contributed by atoms with E-state index in [4.69, 9.17) is 18.8 Å². The van der Waals surface area contributed by atoms with Gasteiger partial charge in [0.15, 0.2) is 11.5 Å². The lowest BCUT2D eigenvalue weighted by molar-refractivity contribution is -0.136. The van der Waals surface area contributed by atoms with Crippen molar-refractivity contribution in [2.75, 3.05) is 19.5 Å². The lowest BCUT2D eigenvalue weighted by Gasteiger charge is -2.14. The lowest BCUT2D eigenvalue weighted by atomic mass is 10.0. The van der Waals surface area contributed by atoms with E-state index in [-0.39, 0.29) is 17.9 Å². The van der Waals surface area contributed by atoms with Crippen LogP contribution in [0.4, 0.5) is 0 Å². The van der Waals surface area contributed by atoms with Crippen molar-refractivity contribution in [3.05, 3.63) is 53.1 Å². The maximum absolute atomic E-state index is 12.2. The molecule has 35 heavy (non-hydrogen) atoms. The largest absolute Gasteiger partial charge is 0.493 e. The fraction of sp³-hybridized carbons (Fsp3) is 0.519. The molecule has 0 unspecified atom stereocenters. The maximum Gasteiger partial charge on any atom is 0.309 e. The lowest BCUT2D eigenvalue weighted by Crippen LogP contribution is -2.14. The van der Waals surface area contributed by atoms with Crippen LogP contribution in [0, 0.1) is 5.92 Å². The normalized spacial score (nSPS) is 13.4. The van der Waals surface area contributed by atoms with Gasteiger partial charge >= 0.3 is 16.1 Å². The van der Waals surface area contributed by atoms with Crippen molar-refractivity contribution in [2.45, 2.75) is 64.7 Å². The molecule has 3 rings (SSSR count). The Morgan fingerprint density at radius 1 is 0.971 bits per heavy atom. The zero-order valence-electron chi connectivity index (χ0n) is 20.6. The van der Waals surface area contributed by atoms with Crippen LogP contribution in [0.2, 0.25) is 0 Å². The Morgan fingerprint density at radius 2 is 1.69 bits per heavy atom. The smallest absolute Gasteiger partial charge is 0.309 e. The standard InChI is InChI=1S/C27H36O7S/c1-3-4-16-35(30,31)34-24-14-11-20(18-26(24)32-2)6-5-7-23-13-10-21(12-15-27(28)29)17-25(23)33-19-22-8-9-22/h10-11,13-14,17-18,22H,3-9,12,15-16,19H2,1-2H3,(H,28,29). The van der Waals surface area contributed by atoms with Gasteiger partial charge in [0.2, 0.25) is 0 Å². The predicted molar refractivity (Wildman–Crippen MR) is 135 cm³/mol. The molecule has 1 fully saturated rings. The van der Waals surface area contributed by atoms with Crippen LogP contribution in [0.3, 0.4) is 0 Å². The van der Waals surface area contributed by atoms with Gasteiger partial charge in [0.25, 0.3) is 0 Å². The molecule has 1 aliphatic carbocycles. The molecule has 2 aromatic rings. The first kappa shape index (κ1) is 26.9. The van der Waals surface area contributed by atoms with E-state index in [0.717, 1.165) is 48.1 Å². The van der Waals surface area contributed by atoms with Crippen molar-refractivity contribution in [1.29, 1.82) is 0 Å². The minimum Gasteiger partial charge on any atom is -0.493 e. The van der Waals surface area contributed by atoms with Crippen molar-refractivity contribution in [2.24, 2.45) is 5.92 Å². The van der Waals surface area contributed by atoms with Crippen LogP contribution in [0.15, 0.2) is 36.4 Å². The van der Waals surface area contributed by atoms with Gasteiger partial charge in [-0.2, -0.15) is 8.42 Å². The number of carbonyl (C=O) groups is 1. The van der Waals surface area contributed by atoms with Gasteiger partial charge in [0.05, 0.1) is 19.5 Å². The molecule has 192 valence electrons. The summed E-state index contributed by atoms with van der Waals surface area (Å²) in [5.74, 6) is 1.26. The predicted octanol–water partition coefficient (Wildman–Crippen LogP) is 5.19. The van der Waals surface area contributed by atoms with Gasteiger partial charge in [0, 0.05) is 6.42 Å². The van der Waals surface area contributed by atoms with Crippen LogP contribution in [-0.2, 0) is 34.2 Å².